The average molecular weight is 415 g/mol. The Morgan fingerprint density at radius 3 is 1.74 bits per heavy atom. The first kappa shape index (κ1) is 30.2. The number of ether oxygens (including phenoxy) is 1. The van der Waals surface area contributed by atoms with Gasteiger partial charge in [-0.05, 0) is 6.42 Å². The molecule has 0 rings (SSSR count). The zero-order valence-corrected chi connectivity index (χ0v) is 16.8. The molecule has 10 nitrogen and oxygen atoms in total. The molecule has 1 atom stereocenters. The molecule has 0 aromatic heterocycles. The van der Waals surface area contributed by atoms with Gasteiger partial charge < -0.3 is 22.1 Å². The molecule has 0 spiro atoms. The van der Waals surface area contributed by atoms with Gasteiger partial charge >= 0.3 is 17.9 Å². The van der Waals surface area contributed by atoms with E-state index in [0.717, 1.165) is 25.7 Å². The third kappa shape index (κ3) is 16.3. The Bertz CT molecular complexity index is 537. The molecule has 0 amide bonds. The van der Waals surface area contributed by atoms with Crippen LogP contribution in [0.4, 0.5) is 0 Å². The fraction of sp³-hybridized carbons (Fsp3) is 0.812. The number of carboxylic acids is 1. The SMILES string of the molecule is CCCCCCCCCCCC(=O)OC(=O)C(CC(=O)O)S(=O)(=O)O.N.N. The van der Waals surface area contributed by atoms with Gasteiger partial charge in [-0.25, -0.2) is 0 Å². The van der Waals surface area contributed by atoms with Gasteiger partial charge in [0.2, 0.25) is 0 Å². The van der Waals surface area contributed by atoms with Crippen molar-refractivity contribution in [1.82, 2.24) is 12.3 Å². The molecule has 1 unspecified atom stereocenters. The first-order valence-corrected chi connectivity index (χ1v) is 10.1. The second kappa shape index (κ2) is 16.6. The monoisotopic (exact) mass is 414 g/mol. The minimum atomic E-state index is -4.95. The van der Waals surface area contributed by atoms with Crippen LogP contribution in [0.15, 0.2) is 0 Å². The Balaban J connectivity index is -0.00000288. The van der Waals surface area contributed by atoms with E-state index in [9.17, 15) is 22.8 Å². The number of carbonyl (C=O) groups excluding carboxylic acids is 2. The number of rotatable bonds is 14. The molecule has 162 valence electrons. The molecule has 8 N–H and O–H groups in total. The summed E-state index contributed by atoms with van der Waals surface area (Å²) in [5.41, 5.74) is 0. The number of carboxylic acid groups (broad SMARTS) is 1. The Labute approximate surface area is 161 Å². The minimum absolute atomic E-state index is 0. The quantitative estimate of drug-likeness (QED) is 0.141. The van der Waals surface area contributed by atoms with Crippen LogP contribution in [0.25, 0.3) is 0 Å². The molecule has 0 heterocycles. The van der Waals surface area contributed by atoms with Crippen LogP contribution in [0.2, 0.25) is 0 Å². The first-order valence-electron chi connectivity index (χ1n) is 8.61. The van der Waals surface area contributed by atoms with Gasteiger partial charge in [0.15, 0.2) is 5.25 Å². The molecule has 0 aliphatic rings. The molecular formula is C16H34N2O8S. The molecule has 0 saturated heterocycles. The Kier molecular flexibility index (Phi) is 18.6. The number of esters is 2. The molecule has 0 aliphatic heterocycles. The summed E-state index contributed by atoms with van der Waals surface area (Å²) in [6.07, 6.45) is 8.11. The van der Waals surface area contributed by atoms with Crippen molar-refractivity contribution in [2.24, 2.45) is 0 Å². The lowest BCUT2D eigenvalue weighted by molar-refractivity contribution is -0.160. The van der Waals surface area contributed by atoms with Crippen LogP contribution in [0, 0.1) is 0 Å². The van der Waals surface area contributed by atoms with Gasteiger partial charge in [-0.2, -0.15) is 8.42 Å². The van der Waals surface area contributed by atoms with Crippen molar-refractivity contribution in [2.75, 3.05) is 0 Å². The highest BCUT2D eigenvalue weighted by Gasteiger charge is 2.36. The highest BCUT2D eigenvalue weighted by atomic mass is 32.2. The van der Waals surface area contributed by atoms with E-state index in [1.54, 1.807) is 0 Å². The largest absolute Gasteiger partial charge is 0.481 e. The van der Waals surface area contributed by atoms with Crippen molar-refractivity contribution in [3.05, 3.63) is 0 Å². The smallest absolute Gasteiger partial charge is 0.335 e. The molecule has 11 heteroatoms. The molecule has 0 fully saturated rings. The van der Waals surface area contributed by atoms with Crippen LogP contribution in [-0.2, 0) is 29.2 Å². The minimum Gasteiger partial charge on any atom is -0.481 e. The highest BCUT2D eigenvalue weighted by molar-refractivity contribution is 7.87. The Hall–Kier alpha value is -1.56. The number of aliphatic carboxylic acids is 1. The van der Waals surface area contributed by atoms with Crippen molar-refractivity contribution >= 4 is 28.0 Å². The molecule has 0 aliphatic carbocycles. The summed E-state index contributed by atoms with van der Waals surface area (Å²) in [6, 6.07) is 0. The van der Waals surface area contributed by atoms with Crippen molar-refractivity contribution in [3.8, 4) is 0 Å². The third-order valence-corrected chi connectivity index (χ3v) is 4.76. The summed E-state index contributed by atoms with van der Waals surface area (Å²) in [6.45, 7) is 2.16. The van der Waals surface area contributed by atoms with E-state index < -0.39 is 39.7 Å². The molecule has 0 aromatic rings. The van der Waals surface area contributed by atoms with E-state index in [2.05, 4.69) is 11.7 Å². The normalized spacial score (nSPS) is 11.6. The summed E-state index contributed by atoms with van der Waals surface area (Å²) in [5, 5.41) is 6.26. The number of unbranched alkanes of at least 4 members (excludes halogenated alkanes) is 8. The fourth-order valence-electron chi connectivity index (χ4n) is 2.28. The lowest BCUT2D eigenvalue weighted by Gasteiger charge is -2.10. The number of hydrogen-bond donors (Lipinski definition) is 4. The standard InChI is InChI=1S/C16H28O8S.2H3N/c1-2-3-4-5-6-7-8-9-10-11-15(19)24-16(20)13(12-14(17)18)25(21,22)23;;/h13H,2-12H2,1H3,(H,17,18)(H,21,22,23);2*1H3. The Morgan fingerprint density at radius 1 is 0.889 bits per heavy atom. The average Bonchev–Trinajstić information content (AvgIpc) is 2.49. The molecule has 0 saturated carbocycles. The first-order chi connectivity index (χ1) is 11.7. The zero-order chi connectivity index (χ0) is 19.3. The van der Waals surface area contributed by atoms with E-state index in [1.807, 2.05) is 0 Å². The lowest BCUT2D eigenvalue weighted by atomic mass is 10.1. The lowest BCUT2D eigenvalue weighted by Crippen LogP contribution is -2.35. The second-order valence-electron chi connectivity index (χ2n) is 5.97. The van der Waals surface area contributed by atoms with Crippen molar-refractivity contribution in [1.29, 1.82) is 0 Å². The van der Waals surface area contributed by atoms with E-state index in [0.29, 0.717) is 6.42 Å². The molecule has 0 radical (unpaired) electrons. The summed E-state index contributed by atoms with van der Waals surface area (Å²) < 4.78 is 35.2. The van der Waals surface area contributed by atoms with Crippen LogP contribution < -0.4 is 12.3 Å². The third-order valence-electron chi connectivity index (χ3n) is 3.68. The van der Waals surface area contributed by atoms with Gasteiger partial charge in [-0.15, -0.1) is 0 Å². The molecular weight excluding hydrogens is 380 g/mol. The molecule has 0 aromatic carbocycles. The van der Waals surface area contributed by atoms with Crippen LogP contribution in [0.1, 0.15) is 77.6 Å². The maximum absolute atomic E-state index is 11.6. The topological polar surface area (TPSA) is 205 Å². The summed E-state index contributed by atoms with van der Waals surface area (Å²) in [7, 11) is -4.95. The van der Waals surface area contributed by atoms with E-state index in [1.165, 1.54) is 25.7 Å². The fourth-order valence-corrected chi connectivity index (χ4v) is 2.92. The summed E-state index contributed by atoms with van der Waals surface area (Å²) in [5.74, 6) is -4.09. The van der Waals surface area contributed by atoms with Gasteiger partial charge in [0.25, 0.3) is 10.1 Å². The summed E-state index contributed by atoms with van der Waals surface area (Å²) in [4.78, 5) is 33.6. The van der Waals surface area contributed by atoms with Crippen molar-refractivity contribution in [2.45, 2.75) is 82.8 Å². The van der Waals surface area contributed by atoms with Crippen LogP contribution in [-0.4, -0.2) is 41.2 Å². The maximum atomic E-state index is 11.6. The molecule has 27 heavy (non-hydrogen) atoms. The van der Waals surface area contributed by atoms with Gasteiger partial charge in [0, 0.05) is 6.42 Å². The predicted molar refractivity (Wildman–Crippen MR) is 101 cm³/mol. The van der Waals surface area contributed by atoms with Crippen molar-refractivity contribution in [3.63, 3.8) is 0 Å². The van der Waals surface area contributed by atoms with Gasteiger partial charge in [-0.1, -0.05) is 58.3 Å². The number of hydrogen-bond acceptors (Lipinski definition) is 8. The van der Waals surface area contributed by atoms with Crippen LogP contribution in [0.3, 0.4) is 0 Å². The van der Waals surface area contributed by atoms with Gasteiger partial charge in [0.05, 0.1) is 6.42 Å². The van der Waals surface area contributed by atoms with Crippen molar-refractivity contribution < 1.29 is 37.2 Å². The van der Waals surface area contributed by atoms with E-state index >= 15 is 0 Å². The van der Waals surface area contributed by atoms with Crippen LogP contribution in [0.5, 0.6) is 0 Å². The zero-order valence-electron chi connectivity index (χ0n) is 16.0. The van der Waals surface area contributed by atoms with Gasteiger partial charge in [-0.3, -0.25) is 18.9 Å². The highest BCUT2D eigenvalue weighted by Crippen LogP contribution is 2.12. The second-order valence-corrected chi connectivity index (χ2v) is 7.57. The summed E-state index contributed by atoms with van der Waals surface area (Å²) >= 11 is 0. The predicted octanol–water partition coefficient (Wildman–Crippen LogP) is 3.03. The molecule has 0 bridgehead atoms. The van der Waals surface area contributed by atoms with Gasteiger partial charge in [0.1, 0.15) is 0 Å². The van der Waals surface area contributed by atoms with E-state index in [4.69, 9.17) is 9.66 Å². The van der Waals surface area contributed by atoms with Crippen LogP contribution >= 0.6 is 0 Å². The van der Waals surface area contributed by atoms with E-state index in [-0.39, 0.29) is 18.7 Å². The maximum Gasteiger partial charge on any atom is 0.335 e. The Morgan fingerprint density at radius 2 is 1.33 bits per heavy atom. The number of carbonyl (C=O) groups is 3.